The number of ether oxygens (including phenoxy) is 1. The molecule has 1 aliphatic rings. The highest BCUT2D eigenvalue weighted by molar-refractivity contribution is 5.39. The third-order valence-electron chi connectivity index (χ3n) is 4.18. The molecule has 1 aliphatic carbocycles. The summed E-state index contributed by atoms with van der Waals surface area (Å²) in [6.45, 7) is 1.98. The van der Waals surface area contributed by atoms with E-state index in [1.165, 1.54) is 30.4 Å². The van der Waals surface area contributed by atoms with Crippen molar-refractivity contribution in [3.05, 3.63) is 47.8 Å². The van der Waals surface area contributed by atoms with Crippen molar-refractivity contribution in [3.8, 4) is 5.75 Å². The van der Waals surface area contributed by atoms with Crippen LogP contribution in [-0.4, -0.2) is 23.4 Å². The normalized spacial score (nSPS) is 17.5. The maximum atomic E-state index is 5.36. The molecule has 112 valence electrons. The number of rotatable bonds is 6. The van der Waals surface area contributed by atoms with Gasteiger partial charge in [-0.2, -0.15) is 5.10 Å². The summed E-state index contributed by atoms with van der Waals surface area (Å²) < 4.78 is 7.35. The molecule has 21 heavy (non-hydrogen) atoms. The summed E-state index contributed by atoms with van der Waals surface area (Å²) in [5.74, 6) is 0.957. The summed E-state index contributed by atoms with van der Waals surface area (Å²) in [4.78, 5) is 0. The smallest absolute Gasteiger partial charge is 0.119 e. The lowest BCUT2D eigenvalue weighted by atomic mass is 9.87. The lowest BCUT2D eigenvalue weighted by molar-refractivity contribution is 0.407. The molecule has 0 amide bonds. The molecule has 3 rings (SSSR count). The van der Waals surface area contributed by atoms with E-state index in [0.717, 1.165) is 25.3 Å². The Morgan fingerprint density at radius 2 is 2.38 bits per heavy atom. The van der Waals surface area contributed by atoms with Gasteiger partial charge in [0.1, 0.15) is 5.75 Å². The van der Waals surface area contributed by atoms with Crippen LogP contribution in [0.3, 0.4) is 0 Å². The number of hydrogen-bond donors (Lipinski definition) is 1. The zero-order chi connectivity index (χ0) is 14.5. The summed E-state index contributed by atoms with van der Waals surface area (Å²) in [5, 5.41) is 7.93. The number of methoxy groups -OCH3 is 1. The van der Waals surface area contributed by atoms with Crippen molar-refractivity contribution in [2.24, 2.45) is 0 Å². The van der Waals surface area contributed by atoms with Gasteiger partial charge >= 0.3 is 0 Å². The predicted octanol–water partition coefficient (Wildman–Crippen LogP) is 2.95. The molecule has 1 unspecified atom stereocenters. The number of nitrogens with zero attached hydrogens (tertiary/aromatic N) is 2. The minimum Gasteiger partial charge on any atom is -0.497 e. The summed E-state index contributed by atoms with van der Waals surface area (Å²) in [6.07, 6.45) is 8.60. The summed E-state index contributed by atoms with van der Waals surface area (Å²) in [6, 6.07) is 8.91. The molecule has 4 nitrogen and oxygen atoms in total. The third-order valence-corrected chi connectivity index (χ3v) is 4.18. The molecular formula is C17H23N3O. The molecule has 1 aromatic heterocycles. The average Bonchev–Trinajstić information content (AvgIpc) is 3.04. The van der Waals surface area contributed by atoms with E-state index in [1.54, 1.807) is 7.11 Å². The standard InChI is InChI=1S/C17H23N3O/c1-21-15-8-7-14-5-2-6-17(16(14)13-15)18-9-3-11-20-12-4-10-19-20/h4,7-8,10,12-13,17-18H,2-3,5-6,9,11H2,1H3. The fourth-order valence-corrected chi connectivity index (χ4v) is 3.07. The number of benzene rings is 1. The number of nitrogens with one attached hydrogen (secondary N) is 1. The first kappa shape index (κ1) is 14.1. The van der Waals surface area contributed by atoms with E-state index in [-0.39, 0.29) is 0 Å². The topological polar surface area (TPSA) is 39.1 Å². The Kier molecular flexibility index (Phi) is 4.55. The molecule has 1 atom stereocenters. The van der Waals surface area contributed by atoms with Gasteiger partial charge in [-0.25, -0.2) is 0 Å². The van der Waals surface area contributed by atoms with Crippen LogP contribution in [0.1, 0.15) is 36.4 Å². The summed E-state index contributed by atoms with van der Waals surface area (Å²) in [7, 11) is 1.73. The Bertz CT molecular complexity index is 565. The van der Waals surface area contributed by atoms with Crippen LogP contribution in [0, 0.1) is 0 Å². The van der Waals surface area contributed by atoms with Crippen molar-refractivity contribution in [1.82, 2.24) is 15.1 Å². The molecule has 4 heteroatoms. The highest BCUT2D eigenvalue weighted by atomic mass is 16.5. The second-order valence-electron chi connectivity index (χ2n) is 5.59. The van der Waals surface area contributed by atoms with E-state index in [4.69, 9.17) is 4.74 Å². The first-order valence-corrected chi connectivity index (χ1v) is 7.74. The fraction of sp³-hybridized carbons (Fsp3) is 0.471. The summed E-state index contributed by atoms with van der Waals surface area (Å²) in [5.41, 5.74) is 2.88. The third kappa shape index (κ3) is 3.45. The molecule has 1 heterocycles. The monoisotopic (exact) mass is 285 g/mol. The largest absolute Gasteiger partial charge is 0.497 e. The van der Waals surface area contributed by atoms with E-state index >= 15 is 0 Å². The van der Waals surface area contributed by atoms with Crippen LogP contribution in [0.25, 0.3) is 0 Å². The quantitative estimate of drug-likeness (QED) is 0.829. The van der Waals surface area contributed by atoms with Gasteiger partial charge in [0.15, 0.2) is 0 Å². The van der Waals surface area contributed by atoms with Crippen LogP contribution in [-0.2, 0) is 13.0 Å². The van der Waals surface area contributed by atoms with Gasteiger partial charge < -0.3 is 10.1 Å². The Labute approximate surface area is 126 Å². The SMILES string of the molecule is COc1ccc2c(c1)C(NCCCn1cccn1)CCC2. The van der Waals surface area contributed by atoms with Crippen LogP contribution < -0.4 is 10.1 Å². The van der Waals surface area contributed by atoms with E-state index in [2.05, 4.69) is 28.6 Å². The maximum Gasteiger partial charge on any atom is 0.119 e. The molecule has 2 aromatic rings. The van der Waals surface area contributed by atoms with Crippen LogP contribution in [0.15, 0.2) is 36.7 Å². The van der Waals surface area contributed by atoms with E-state index in [1.807, 2.05) is 23.1 Å². The second-order valence-corrected chi connectivity index (χ2v) is 5.59. The van der Waals surface area contributed by atoms with Crippen LogP contribution in [0.2, 0.25) is 0 Å². The van der Waals surface area contributed by atoms with Gasteiger partial charge in [0.2, 0.25) is 0 Å². The highest BCUT2D eigenvalue weighted by Gasteiger charge is 2.20. The van der Waals surface area contributed by atoms with Crippen molar-refractivity contribution in [3.63, 3.8) is 0 Å². The van der Waals surface area contributed by atoms with Crippen molar-refractivity contribution in [2.75, 3.05) is 13.7 Å². The van der Waals surface area contributed by atoms with Gasteiger partial charge in [0, 0.05) is 25.0 Å². The molecule has 0 radical (unpaired) electrons. The van der Waals surface area contributed by atoms with Gasteiger partial charge in [-0.05, 0) is 61.6 Å². The Morgan fingerprint density at radius 3 is 3.19 bits per heavy atom. The van der Waals surface area contributed by atoms with Crippen LogP contribution >= 0.6 is 0 Å². The van der Waals surface area contributed by atoms with Gasteiger partial charge in [-0.1, -0.05) is 6.07 Å². The zero-order valence-corrected chi connectivity index (χ0v) is 12.6. The van der Waals surface area contributed by atoms with Gasteiger partial charge in [0.05, 0.1) is 7.11 Å². The number of aryl methyl sites for hydroxylation is 2. The molecule has 0 bridgehead atoms. The highest BCUT2D eigenvalue weighted by Crippen LogP contribution is 2.32. The number of fused-ring (bicyclic) bond motifs is 1. The second kappa shape index (κ2) is 6.76. The van der Waals surface area contributed by atoms with Crippen molar-refractivity contribution in [1.29, 1.82) is 0 Å². The predicted molar refractivity (Wildman–Crippen MR) is 83.5 cm³/mol. The van der Waals surface area contributed by atoms with Crippen molar-refractivity contribution in [2.45, 2.75) is 38.3 Å². The average molecular weight is 285 g/mol. The van der Waals surface area contributed by atoms with Crippen molar-refractivity contribution < 1.29 is 4.74 Å². The minimum atomic E-state index is 0.460. The maximum absolute atomic E-state index is 5.36. The number of aromatic nitrogens is 2. The fourth-order valence-electron chi connectivity index (χ4n) is 3.07. The zero-order valence-electron chi connectivity index (χ0n) is 12.6. The van der Waals surface area contributed by atoms with Crippen molar-refractivity contribution >= 4 is 0 Å². The van der Waals surface area contributed by atoms with Gasteiger partial charge in [0.25, 0.3) is 0 Å². The minimum absolute atomic E-state index is 0.460. The molecule has 0 fully saturated rings. The number of hydrogen-bond acceptors (Lipinski definition) is 3. The molecule has 0 aliphatic heterocycles. The Balaban J connectivity index is 1.57. The summed E-state index contributed by atoms with van der Waals surface area (Å²) >= 11 is 0. The molecule has 1 aromatic carbocycles. The lowest BCUT2D eigenvalue weighted by Gasteiger charge is -2.27. The molecular weight excluding hydrogens is 262 g/mol. The molecule has 1 N–H and O–H groups in total. The van der Waals surface area contributed by atoms with Crippen LogP contribution in [0.4, 0.5) is 0 Å². The first-order chi connectivity index (χ1) is 10.4. The molecule has 0 saturated heterocycles. The lowest BCUT2D eigenvalue weighted by Crippen LogP contribution is -2.26. The van der Waals surface area contributed by atoms with Gasteiger partial charge in [-0.15, -0.1) is 0 Å². The Hall–Kier alpha value is -1.81. The van der Waals surface area contributed by atoms with E-state index in [9.17, 15) is 0 Å². The van der Waals surface area contributed by atoms with Gasteiger partial charge in [-0.3, -0.25) is 4.68 Å². The van der Waals surface area contributed by atoms with E-state index in [0.29, 0.717) is 6.04 Å². The van der Waals surface area contributed by atoms with Crippen LogP contribution in [0.5, 0.6) is 5.75 Å². The van der Waals surface area contributed by atoms with E-state index < -0.39 is 0 Å². The first-order valence-electron chi connectivity index (χ1n) is 7.74. The molecule has 0 spiro atoms. The molecule has 0 saturated carbocycles. The Morgan fingerprint density at radius 1 is 1.43 bits per heavy atom.